The molecular formula is C2H3NO2S. The summed E-state index contributed by atoms with van der Waals surface area (Å²) in [7, 11) is 0. The monoisotopic (exact) mass is 105 g/mol. The summed E-state index contributed by atoms with van der Waals surface area (Å²) < 4.78 is 1.46. The molecule has 0 saturated carbocycles. The van der Waals surface area contributed by atoms with E-state index in [1.807, 2.05) is 0 Å². The Kier molecular flexibility index (Phi) is 1.09. The molecule has 0 aromatic rings. The fraction of sp³-hybridized carbons (Fsp3) is 0.500. The van der Waals surface area contributed by atoms with E-state index in [0.29, 0.717) is 0 Å². The third kappa shape index (κ3) is 0.707. The Morgan fingerprint density at radius 1 is 2.00 bits per heavy atom. The summed E-state index contributed by atoms with van der Waals surface area (Å²) in [5, 5.41) is 9.91. The van der Waals surface area contributed by atoms with Crippen molar-refractivity contribution in [2.75, 3.05) is 6.73 Å². The molecular weight excluding hydrogens is 102 g/mol. The van der Waals surface area contributed by atoms with Crippen LogP contribution in [0.3, 0.4) is 0 Å². The zero-order valence-corrected chi connectivity index (χ0v) is 3.77. The lowest BCUT2D eigenvalue weighted by Gasteiger charge is -2.03. The Morgan fingerprint density at radius 2 is 2.83 bits per heavy atom. The van der Waals surface area contributed by atoms with Crippen molar-refractivity contribution in [1.82, 2.24) is 0 Å². The maximum atomic E-state index is 9.91. The van der Waals surface area contributed by atoms with Gasteiger partial charge in [-0.3, -0.25) is 0 Å². The van der Waals surface area contributed by atoms with E-state index in [-0.39, 0.29) is 6.73 Å². The molecule has 3 nitrogen and oxygen atoms in total. The van der Waals surface area contributed by atoms with E-state index < -0.39 is 0 Å². The van der Waals surface area contributed by atoms with Gasteiger partial charge in [0.05, 0.1) is 0 Å². The lowest BCUT2D eigenvalue weighted by molar-refractivity contribution is -0.727. The summed E-state index contributed by atoms with van der Waals surface area (Å²) in [4.78, 5) is 3.58. The second-order valence-corrected chi connectivity index (χ2v) is 1.59. The van der Waals surface area contributed by atoms with Crippen LogP contribution >= 0.6 is 12.0 Å². The summed E-state index contributed by atoms with van der Waals surface area (Å²) in [6, 6.07) is 0. The van der Waals surface area contributed by atoms with Crippen LogP contribution in [0.15, 0.2) is 4.99 Å². The van der Waals surface area contributed by atoms with E-state index in [2.05, 4.69) is 4.99 Å². The van der Waals surface area contributed by atoms with Gasteiger partial charge in [-0.25, -0.2) is 4.99 Å². The lowest BCUT2D eigenvalue weighted by atomic mass is 11.3. The standard InChI is InChI=1S/C2H3NO2S/c4-5-1-3-2-6-5/h2H,1H2. The van der Waals surface area contributed by atoms with Crippen molar-refractivity contribution < 1.29 is 9.22 Å². The van der Waals surface area contributed by atoms with Crippen molar-refractivity contribution >= 4 is 17.6 Å². The number of nitrogens with zero attached hydrogens (tertiary/aromatic N) is 1. The minimum atomic E-state index is 0.213. The Bertz CT molecular complexity index is 65.9. The molecule has 0 atom stereocenters. The summed E-state index contributed by atoms with van der Waals surface area (Å²) >= 11 is 1.000. The fourth-order valence-electron chi connectivity index (χ4n) is 0.200. The normalized spacial score (nSPS) is 22.8. The Balaban J connectivity index is 2.32. The maximum Gasteiger partial charge on any atom is 0.261 e. The van der Waals surface area contributed by atoms with Gasteiger partial charge in [0.2, 0.25) is 12.0 Å². The number of aliphatic imine (C=N–C) groups is 1. The van der Waals surface area contributed by atoms with Gasteiger partial charge in [0.15, 0.2) is 0 Å². The maximum absolute atomic E-state index is 9.91. The first-order valence-corrected chi connectivity index (χ1v) is 2.24. The minimum Gasteiger partial charge on any atom is -0.516 e. The number of hydrogen-bond acceptors (Lipinski definition) is 3. The largest absolute Gasteiger partial charge is 0.516 e. The zero-order chi connectivity index (χ0) is 4.41. The van der Waals surface area contributed by atoms with Crippen molar-refractivity contribution in [2.45, 2.75) is 0 Å². The quantitative estimate of drug-likeness (QED) is 0.236. The zero-order valence-electron chi connectivity index (χ0n) is 2.96. The fourth-order valence-corrected chi connectivity index (χ4v) is 0.540. The van der Waals surface area contributed by atoms with Crippen molar-refractivity contribution in [1.29, 1.82) is 0 Å². The van der Waals surface area contributed by atoms with Gasteiger partial charge < -0.3 is 9.22 Å². The molecule has 0 bridgehead atoms. The van der Waals surface area contributed by atoms with Gasteiger partial charge in [-0.15, -0.1) is 0 Å². The molecule has 0 aliphatic carbocycles. The first kappa shape index (κ1) is 4.11. The summed E-state index contributed by atoms with van der Waals surface area (Å²) in [5.41, 5.74) is 1.50. The molecule has 4 heteroatoms. The summed E-state index contributed by atoms with van der Waals surface area (Å²) in [6.45, 7) is 0.213. The van der Waals surface area contributed by atoms with E-state index in [9.17, 15) is 5.26 Å². The van der Waals surface area contributed by atoms with Crippen molar-refractivity contribution in [3.8, 4) is 0 Å². The van der Waals surface area contributed by atoms with Crippen LogP contribution in [-0.4, -0.2) is 12.3 Å². The molecule has 1 heterocycles. The molecule has 0 aromatic carbocycles. The highest BCUT2D eigenvalue weighted by Crippen LogP contribution is 2.10. The van der Waals surface area contributed by atoms with Gasteiger partial charge in [-0.1, -0.05) is 0 Å². The first-order valence-electron chi connectivity index (χ1n) is 1.43. The molecule has 0 unspecified atom stereocenters. The minimum absolute atomic E-state index is 0.213. The molecule has 1 aliphatic heterocycles. The first-order chi connectivity index (χ1) is 2.89. The van der Waals surface area contributed by atoms with E-state index in [1.54, 1.807) is 0 Å². The van der Waals surface area contributed by atoms with E-state index in [1.165, 1.54) is 9.51 Å². The van der Waals surface area contributed by atoms with Gasteiger partial charge >= 0.3 is 0 Å². The van der Waals surface area contributed by atoms with E-state index in [4.69, 9.17) is 0 Å². The predicted octanol–water partition coefficient (Wildman–Crippen LogP) is -0.538. The van der Waals surface area contributed by atoms with Crippen LogP contribution in [0.2, 0.25) is 0 Å². The average Bonchev–Trinajstić information content (AvgIpc) is 1.86. The molecule has 0 spiro atoms. The average molecular weight is 105 g/mol. The predicted molar refractivity (Wildman–Crippen MR) is 22.0 cm³/mol. The number of rotatable bonds is 0. The molecule has 0 fully saturated rings. The van der Waals surface area contributed by atoms with Crippen molar-refractivity contribution in [3.63, 3.8) is 0 Å². The third-order valence-corrected chi connectivity index (χ3v) is 0.960. The van der Waals surface area contributed by atoms with E-state index in [0.717, 1.165) is 12.0 Å². The van der Waals surface area contributed by atoms with Crippen LogP contribution in [-0.2, 0) is 3.96 Å². The smallest absolute Gasteiger partial charge is 0.261 e. The third-order valence-electron chi connectivity index (χ3n) is 0.405. The lowest BCUT2D eigenvalue weighted by Crippen LogP contribution is -2.15. The highest BCUT2D eigenvalue weighted by Gasteiger charge is 2.03. The van der Waals surface area contributed by atoms with Crippen LogP contribution in [0, 0.1) is 0 Å². The molecule has 0 amide bonds. The van der Waals surface area contributed by atoms with Gasteiger partial charge in [-0.2, -0.15) is 0 Å². The van der Waals surface area contributed by atoms with Crippen LogP contribution in [0.5, 0.6) is 0 Å². The molecule has 1 aliphatic rings. The van der Waals surface area contributed by atoms with Crippen LogP contribution in [0.25, 0.3) is 0 Å². The molecule has 1 rings (SSSR count). The van der Waals surface area contributed by atoms with Crippen molar-refractivity contribution in [2.24, 2.45) is 4.99 Å². The van der Waals surface area contributed by atoms with Crippen LogP contribution in [0.4, 0.5) is 0 Å². The molecule has 0 aromatic heterocycles. The summed E-state index contributed by atoms with van der Waals surface area (Å²) in [6.07, 6.45) is 0. The molecule has 0 radical (unpaired) electrons. The topological polar surface area (TPSA) is 38.1 Å². The van der Waals surface area contributed by atoms with Crippen molar-refractivity contribution in [3.05, 3.63) is 0 Å². The Morgan fingerprint density at radius 3 is 3.00 bits per heavy atom. The van der Waals surface area contributed by atoms with Gasteiger partial charge in [0.25, 0.3) is 6.73 Å². The van der Waals surface area contributed by atoms with Gasteiger partial charge in [0.1, 0.15) is 5.55 Å². The molecule has 0 N–H and O–H groups in total. The molecule has 0 saturated heterocycles. The Labute approximate surface area is 39.5 Å². The SMILES string of the molecule is [O-][O+]1CN=CS1. The second-order valence-electron chi connectivity index (χ2n) is 0.817. The van der Waals surface area contributed by atoms with Crippen LogP contribution in [0.1, 0.15) is 0 Å². The summed E-state index contributed by atoms with van der Waals surface area (Å²) in [5.74, 6) is 0. The highest BCUT2D eigenvalue weighted by atomic mass is 32.2. The van der Waals surface area contributed by atoms with Gasteiger partial charge in [-0.05, 0) is 0 Å². The Hall–Kier alpha value is -0.0600. The molecule has 6 heavy (non-hydrogen) atoms. The van der Waals surface area contributed by atoms with E-state index >= 15 is 0 Å². The second kappa shape index (κ2) is 1.59. The highest BCUT2D eigenvalue weighted by molar-refractivity contribution is 8.08. The molecule has 34 valence electrons. The van der Waals surface area contributed by atoms with Gasteiger partial charge in [0, 0.05) is 0 Å². The number of hydrogen-bond donors (Lipinski definition) is 0. The van der Waals surface area contributed by atoms with Crippen LogP contribution < -0.4 is 5.26 Å².